The van der Waals surface area contributed by atoms with Crippen molar-refractivity contribution in [2.75, 3.05) is 6.61 Å². The number of carbonyl (C=O) groups excluding carboxylic acids is 2. The largest absolute Gasteiger partial charge is 0.494 e. The zero-order valence-corrected chi connectivity index (χ0v) is 16.8. The fourth-order valence-corrected chi connectivity index (χ4v) is 4.08. The minimum atomic E-state index is -0.684. The van der Waals surface area contributed by atoms with Gasteiger partial charge in [-0.25, -0.2) is 0 Å². The maximum absolute atomic E-state index is 13.4. The third-order valence-electron chi connectivity index (χ3n) is 5.64. The van der Waals surface area contributed by atoms with Crippen LogP contribution in [0.2, 0.25) is 0 Å². The van der Waals surface area contributed by atoms with Crippen LogP contribution in [0.4, 0.5) is 0 Å². The van der Waals surface area contributed by atoms with E-state index in [-0.39, 0.29) is 29.7 Å². The Hall–Kier alpha value is -2.76. The normalized spacial score (nSPS) is 17.7. The molecular weight excluding hydrogens is 368 g/mol. The highest BCUT2D eigenvalue weighted by atomic mass is 16.5. The molecule has 0 saturated heterocycles. The first-order valence-electron chi connectivity index (χ1n) is 10.6. The molecule has 29 heavy (non-hydrogen) atoms. The molecule has 0 radical (unpaired) electrons. The molecule has 1 aromatic heterocycles. The van der Waals surface area contributed by atoms with Crippen molar-refractivity contribution in [2.24, 2.45) is 0 Å². The van der Waals surface area contributed by atoms with Crippen molar-refractivity contribution in [1.82, 2.24) is 10.2 Å². The van der Waals surface area contributed by atoms with E-state index in [1.165, 1.54) is 6.26 Å². The van der Waals surface area contributed by atoms with Gasteiger partial charge in [0.05, 0.1) is 12.9 Å². The second kappa shape index (κ2) is 8.72. The van der Waals surface area contributed by atoms with Crippen LogP contribution in [0.1, 0.15) is 67.6 Å². The number of rotatable bonds is 8. The second-order valence-corrected chi connectivity index (χ2v) is 7.82. The maximum atomic E-state index is 13.4. The van der Waals surface area contributed by atoms with E-state index in [4.69, 9.17) is 9.15 Å². The zero-order valence-electron chi connectivity index (χ0n) is 16.8. The molecule has 2 fully saturated rings. The lowest BCUT2D eigenvalue weighted by atomic mass is 10.0. The first-order valence-corrected chi connectivity index (χ1v) is 10.6. The molecule has 2 aromatic rings. The van der Waals surface area contributed by atoms with Crippen LogP contribution in [0.25, 0.3) is 0 Å². The molecule has 1 N–H and O–H groups in total. The number of ether oxygens (including phenoxy) is 1. The molecule has 2 aliphatic rings. The molecule has 6 nitrogen and oxygen atoms in total. The van der Waals surface area contributed by atoms with Gasteiger partial charge in [0.15, 0.2) is 5.76 Å². The Balaban J connectivity index is 1.65. The summed E-state index contributed by atoms with van der Waals surface area (Å²) in [5.74, 6) is 0.661. The summed E-state index contributed by atoms with van der Waals surface area (Å²) in [6.45, 7) is 2.51. The lowest BCUT2D eigenvalue weighted by Crippen LogP contribution is -2.47. The van der Waals surface area contributed by atoms with E-state index >= 15 is 0 Å². The van der Waals surface area contributed by atoms with Gasteiger partial charge in [-0.05, 0) is 62.4 Å². The summed E-state index contributed by atoms with van der Waals surface area (Å²) in [5.41, 5.74) is 0.788. The highest BCUT2D eigenvalue weighted by Gasteiger charge is 2.43. The number of amides is 2. The van der Waals surface area contributed by atoms with Crippen molar-refractivity contribution < 1.29 is 18.7 Å². The van der Waals surface area contributed by atoms with Gasteiger partial charge in [0.1, 0.15) is 11.8 Å². The number of carbonyl (C=O) groups is 2. The van der Waals surface area contributed by atoms with Crippen LogP contribution >= 0.6 is 0 Å². The fourth-order valence-electron chi connectivity index (χ4n) is 4.08. The van der Waals surface area contributed by atoms with Gasteiger partial charge in [-0.2, -0.15) is 0 Å². The van der Waals surface area contributed by atoms with E-state index < -0.39 is 6.04 Å². The van der Waals surface area contributed by atoms with Crippen LogP contribution in [0, 0.1) is 0 Å². The molecule has 2 amide bonds. The minimum absolute atomic E-state index is 0.0542. The number of hydrogen-bond acceptors (Lipinski definition) is 4. The van der Waals surface area contributed by atoms with Crippen molar-refractivity contribution in [1.29, 1.82) is 0 Å². The van der Waals surface area contributed by atoms with Crippen LogP contribution in [0.15, 0.2) is 47.1 Å². The summed E-state index contributed by atoms with van der Waals surface area (Å²) in [4.78, 5) is 28.3. The molecule has 0 spiro atoms. The van der Waals surface area contributed by atoms with Gasteiger partial charge in [0.2, 0.25) is 5.91 Å². The van der Waals surface area contributed by atoms with E-state index in [0.717, 1.165) is 49.8 Å². The topological polar surface area (TPSA) is 71.8 Å². The average Bonchev–Trinajstić information content (AvgIpc) is 3.18. The molecule has 1 aromatic carbocycles. The van der Waals surface area contributed by atoms with Crippen molar-refractivity contribution in [2.45, 2.75) is 63.6 Å². The molecule has 1 heterocycles. The van der Waals surface area contributed by atoms with Crippen molar-refractivity contribution in [3.05, 3.63) is 54.0 Å². The van der Waals surface area contributed by atoms with Crippen LogP contribution < -0.4 is 10.1 Å². The summed E-state index contributed by atoms with van der Waals surface area (Å²) >= 11 is 0. The van der Waals surface area contributed by atoms with Gasteiger partial charge in [-0.3, -0.25) is 9.59 Å². The molecule has 1 unspecified atom stereocenters. The van der Waals surface area contributed by atoms with Crippen LogP contribution in [0.3, 0.4) is 0 Å². The molecule has 4 rings (SSSR count). The quantitative estimate of drug-likeness (QED) is 0.730. The standard InChI is InChI=1S/C23H28N2O4/c1-2-28-19-13-9-16(10-14-19)21(22(26)24-17-6-3-4-7-17)25(18-11-12-18)23(27)20-8-5-15-29-20/h5,8-10,13-15,17-18,21H,2-4,6-7,11-12H2,1H3,(H,24,26). The van der Waals surface area contributed by atoms with Gasteiger partial charge in [-0.1, -0.05) is 25.0 Å². The van der Waals surface area contributed by atoms with Crippen molar-refractivity contribution in [3.63, 3.8) is 0 Å². The van der Waals surface area contributed by atoms with E-state index in [2.05, 4.69) is 5.32 Å². The van der Waals surface area contributed by atoms with Gasteiger partial charge >= 0.3 is 0 Å². The zero-order chi connectivity index (χ0) is 20.2. The molecule has 0 bridgehead atoms. The third-order valence-corrected chi connectivity index (χ3v) is 5.64. The van der Waals surface area contributed by atoms with Gasteiger partial charge in [0.25, 0.3) is 5.91 Å². The van der Waals surface area contributed by atoms with Crippen LogP contribution in [-0.2, 0) is 4.79 Å². The second-order valence-electron chi connectivity index (χ2n) is 7.82. The first kappa shape index (κ1) is 19.6. The number of benzene rings is 1. The Morgan fingerprint density at radius 2 is 1.86 bits per heavy atom. The van der Waals surface area contributed by atoms with Crippen molar-refractivity contribution >= 4 is 11.8 Å². The molecule has 1 atom stereocenters. The first-order chi connectivity index (χ1) is 14.2. The number of hydrogen-bond donors (Lipinski definition) is 1. The summed E-state index contributed by atoms with van der Waals surface area (Å²) < 4.78 is 10.9. The van der Waals surface area contributed by atoms with E-state index in [1.807, 2.05) is 31.2 Å². The highest BCUT2D eigenvalue weighted by Crippen LogP contribution is 2.37. The number of furan rings is 1. The summed E-state index contributed by atoms with van der Waals surface area (Å²) in [6, 6.07) is 10.4. The van der Waals surface area contributed by atoms with Crippen molar-refractivity contribution in [3.8, 4) is 5.75 Å². The smallest absolute Gasteiger partial charge is 0.290 e. The number of nitrogens with zero attached hydrogens (tertiary/aromatic N) is 1. The predicted octanol–water partition coefficient (Wildman–Crippen LogP) is 4.08. The Kier molecular flexibility index (Phi) is 5.88. The summed E-state index contributed by atoms with van der Waals surface area (Å²) in [7, 11) is 0. The Labute approximate surface area is 171 Å². The molecule has 2 aliphatic carbocycles. The van der Waals surface area contributed by atoms with Gasteiger partial charge in [0, 0.05) is 12.1 Å². The average molecular weight is 396 g/mol. The number of nitrogens with one attached hydrogen (secondary N) is 1. The molecule has 6 heteroatoms. The van der Waals surface area contributed by atoms with Crippen LogP contribution in [-0.4, -0.2) is 35.4 Å². The third kappa shape index (κ3) is 4.47. The summed E-state index contributed by atoms with van der Waals surface area (Å²) in [5, 5.41) is 3.19. The fraction of sp³-hybridized carbons (Fsp3) is 0.478. The highest BCUT2D eigenvalue weighted by molar-refractivity contribution is 5.96. The Morgan fingerprint density at radius 3 is 2.45 bits per heavy atom. The van der Waals surface area contributed by atoms with E-state index in [0.29, 0.717) is 6.61 Å². The lowest BCUT2D eigenvalue weighted by molar-refractivity contribution is -0.126. The summed E-state index contributed by atoms with van der Waals surface area (Å²) in [6.07, 6.45) is 7.55. The molecule has 154 valence electrons. The van der Waals surface area contributed by atoms with Gasteiger partial charge < -0.3 is 19.4 Å². The SMILES string of the molecule is CCOc1ccc(C(C(=O)NC2CCCC2)N(C(=O)c2ccco2)C2CC2)cc1. The maximum Gasteiger partial charge on any atom is 0.290 e. The monoisotopic (exact) mass is 396 g/mol. The molecular formula is C23H28N2O4. The van der Waals surface area contributed by atoms with Gasteiger partial charge in [-0.15, -0.1) is 0 Å². The van der Waals surface area contributed by atoms with Crippen LogP contribution in [0.5, 0.6) is 5.75 Å². The predicted molar refractivity (Wildman–Crippen MR) is 109 cm³/mol. The lowest BCUT2D eigenvalue weighted by Gasteiger charge is -2.32. The Morgan fingerprint density at radius 1 is 1.14 bits per heavy atom. The Bertz CT molecular complexity index is 821. The van der Waals surface area contributed by atoms with E-state index in [9.17, 15) is 9.59 Å². The molecule has 2 saturated carbocycles. The molecule has 0 aliphatic heterocycles. The van der Waals surface area contributed by atoms with E-state index in [1.54, 1.807) is 17.0 Å². The minimum Gasteiger partial charge on any atom is -0.494 e.